The smallest absolute Gasteiger partial charge is 0.186 e. The highest BCUT2D eigenvalue weighted by Crippen LogP contribution is 2.18. The van der Waals surface area contributed by atoms with Crippen molar-refractivity contribution in [1.29, 1.82) is 0 Å². The van der Waals surface area contributed by atoms with Gasteiger partial charge in [-0.25, -0.2) is 0 Å². The predicted molar refractivity (Wildman–Crippen MR) is 53.6 cm³/mol. The Bertz CT molecular complexity index is 442. The van der Waals surface area contributed by atoms with Crippen LogP contribution in [0.1, 0.15) is 33.2 Å². The maximum absolute atomic E-state index is 11.5. The molecule has 0 fully saturated rings. The van der Waals surface area contributed by atoms with E-state index in [9.17, 15) is 9.59 Å². The van der Waals surface area contributed by atoms with Gasteiger partial charge < -0.3 is 0 Å². The van der Waals surface area contributed by atoms with Crippen molar-refractivity contribution in [3.63, 3.8) is 0 Å². The normalized spacial score (nSPS) is 14.4. The molecule has 0 aromatic heterocycles. The van der Waals surface area contributed by atoms with Crippen molar-refractivity contribution in [3.8, 4) is 0 Å². The number of hydrogen-bond acceptors (Lipinski definition) is 2. The third kappa shape index (κ3) is 1.29. The molecule has 2 nitrogen and oxygen atoms in total. The summed E-state index contributed by atoms with van der Waals surface area (Å²) in [7, 11) is 0. The highest BCUT2D eigenvalue weighted by Gasteiger charge is 2.18. The van der Waals surface area contributed by atoms with E-state index >= 15 is 0 Å². The number of ketones is 2. The first-order chi connectivity index (χ1) is 6.72. The molecular weight excluding hydrogens is 176 g/mol. The van der Waals surface area contributed by atoms with Crippen LogP contribution in [-0.2, 0) is 6.42 Å². The van der Waals surface area contributed by atoms with Gasteiger partial charge in [0.2, 0.25) is 0 Å². The average molecular weight is 186 g/mol. The topological polar surface area (TPSA) is 34.1 Å². The lowest BCUT2D eigenvalue weighted by molar-refractivity contribution is 0.0994. The maximum atomic E-state index is 11.5. The number of carbonyl (C=O) groups is 2. The Balaban J connectivity index is 2.61. The van der Waals surface area contributed by atoms with E-state index in [0.717, 1.165) is 12.0 Å². The zero-order chi connectivity index (χ0) is 10.1. The van der Waals surface area contributed by atoms with E-state index < -0.39 is 0 Å². The van der Waals surface area contributed by atoms with Gasteiger partial charge in [0.15, 0.2) is 11.6 Å². The zero-order valence-electron chi connectivity index (χ0n) is 7.91. The van der Waals surface area contributed by atoms with Gasteiger partial charge in [0, 0.05) is 11.1 Å². The summed E-state index contributed by atoms with van der Waals surface area (Å²) >= 11 is 0. The molecule has 1 aliphatic carbocycles. The highest BCUT2D eigenvalue weighted by molar-refractivity contribution is 6.22. The van der Waals surface area contributed by atoms with Crippen molar-refractivity contribution >= 4 is 11.6 Å². The van der Waals surface area contributed by atoms with E-state index in [4.69, 9.17) is 0 Å². The van der Waals surface area contributed by atoms with Crippen molar-refractivity contribution in [1.82, 2.24) is 0 Å². The fraction of sp³-hybridized carbons (Fsp3) is 0.167. The summed E-state index contributed by atoms with van der Waals surface area (Å²) in [6.07, 6.45) is 3.54. The number of aryl methyl sites for hydroxylation is 1. The zero-order valence-corrected chi connectivity index (χ0v) is 7.91. The second-order valence-electron chi connectivity index (χ2n) is 3.30. The molecule has 0 saturated carbocycles. The number of fused-ring (bicyclic) bond motifs is 1. The fourth-order valence-electron chi connectivity index (χ4n) is 1.56. The van der Waals surface area contributed by atoms with Crippen molar-refractivity contribution in [2.75, 3.05) is 0 Å². The molecule has 14 heavy (non-hydrogen) atoms. The summed E-state index contributed by atoms with van der Waals surface area (Å²) in [5.74, 6) is -0.155. The van der Waals surface area contributed by atoms with Crippen LogP contribution >= 0.6 is 0 Å². The second kappa shape index (κ2) is 3.22. The summed E-state index contributed by atoms with van der Waals surface area (Å²) in [5.41, 5.74) is 2.15. The molecule has 0 aliphatic heterocycles. The van der Waals surface area contributed by atoms with Crippen LogP contribution in [0.2, 0.25) is 0 Å². The van der Waals surface area contributed by atoms with Crippen molar-refractivity contribution < 1.29 is 9.59 Å². The lowest BCUT2D eigenvalue weighted by Gasteiger charge is -2.09. The first kappa shape index (κ1) is 8.88. The first-order valence-electron chi connectivity index (χ1n) is 4.62. The highest BCUT2D eigenvalue weighted by atomic mass is 16.1. The number of benzene rings is 1. The Morgan fingerprint density at radius 2 is 1.64 bits per heavy atom. The molecule has 1 aromatic rings. The molecule has 0 bridgehead atoms. The predicted octanol–water partition coefficient (Wildman–Crippen LogP) is 2.18. The van der Waals surface area contributed by atoms with Crippen LogP contribution in [0.15, 0.2) is 30.4 Å². The van der Waals surface area contributed by atoms with E-state index in [1.54, 1.807) is 12.1 Å². The lowest BCUT2D eigenvalue weighted by Crippen LogP contribution is -2.11. The number of carbonyl (C=O) groups excluding carboxylic acids is 2. The van der Waals surface area contributed by atoms with Crippen molar-refractivity contribution in [2.24, 2.45) is 0 Å². The van der Waals surface area contributed by atoms with Crippen LogP contribution < -0.4 is 0 Å². The standard InChI is InChI=1S/C12H10O2/c1-2-8-3-4-9-10(7-8)12(14)6-5-11(9)13/h3-7H,2H2,1H3. The Hall–Kier alpha value is -1.70. The SMILES string of the molecule is CCc1ccc2c(c1)C(=O)C=CC2=O. The largest absolute Gasteiger partial charge is 0.289 e. The van der Waals surface area contributed by atoms with Crippen molar-refractivity contribution in [3.05, 3.63) is 47.0 Å². The van der Waals surface area contributed by atoms with Gasteiger partial charge in [-0.15, -0.1) is 0 Å². The minimum Gasteiger partial charge on any atom is -0.289 e. The monoisotopic (exact) mass is 186 g/mol. The lowest BCUT2D eigenvalue weighted by atomic mass is 9.92. The molecule has 0 radical (unpaired) electrons. The quantitative estimate of drug-likeness (QED) is 0.673. The number of allylic oxidation sites excluding steroid dienone is 2. The summed E-state index contributed by atoms with van der Waals surface area (Å²) in [6, 6.07) is 5.43. The first-order valence-corrected chi connectivity index (χ1v) is 4.62. The average Bonchev–Trinajstić information content (AvgIpc) is 2.23. The molecule has 2 heteroatoms. The number of hydrogen-bond donors (Lipinski definition) is 0. The molecule has 0 atom stereocenters. The molecule has 0 heterocycles. The van der Waals surface area contributed by atoms with E-state index in [1.165, 1.54) is 12.2 Å². The molecular formula is C12H10O2. The van der Waals surface area contributed by atoms with Crippen LogP contribution in [0.4, 0.5) is 0 Å². The molecule has 2 rings (SSSR count). The fourth-order valence-corrected chi connectivity index (χ4v) is 1.56. The van der Waals surface area contributed by atoms with Gasteiger partial charge in [0.05, 0.1) is 0 Å². The second-order valence-corrected chi connectivity index (χ2v) is 3.30. The Morgan fingerprint density at radius 1 is 1.00 bits per heavy atom. The van der Waals surface area contributed by atoms with Crippen LogP contribution in [-0.4, -0.2) is 11.6 Å². The van der Waals surface area contributed by atoms with Gasteiger partial charge in [-0.1, -0.05) is 19.1 Å². The van der Waals surface area contributed by atoms with Gasteiger partial charge in [-0.3, -0.25) is 9.59 Å². The Morgan fingerprint density at radius 3 is 2.29 bits per heavy atom. The molecule has 1 aliphatic rings. The van der Waals surface area contributed by atoms with Gasteiger partial charge in [-0.05, 0) is 30.2 Å². The molecule has 1 aromatic carbocycles. The Kier molecular flexibility index (Phi) is 2.04. The molecule has 0 spiro atoms. The molecule has 0 amide bonds. The van der Waals surface area contributed by atoms with Gasteiger partial charge >= 0.3 is 0 Å². The van der Waals surface area contributed by atoms with Gasteiger partial charge in [-0.2, -0.15) is 0 Å². The minimum atomic E-state index is -0.0812. The van der Waals surface area contributed by atoms with E-state index in [2.05, 4.69) is 0 Å². The minimum absolute atomic E-state index is 0.0742. The summed E-state index contributed by atoms with van der Waals surface area (Å²) in [6.45, 7) is 2.02. The van der Waals surface area contributed by atoms with E-state index in [0.29, 0.717) is 11.1 Å². The third-order valence-electron chi connectivity index (χ3n) is 2.41. The molecule has 0 unspecified atom stereocenters. The molecule has 0 saturated heterocycles. The maximum Gasteiger partial charge on any atom is 0.186 e. The van der Waals surface area contributed by atoms with Crippen molar-refractivity contribution in [2.45, 2.75) is 13.3 Å². The third-order valence-corrected chi connectivity index (χ3v) is 2.41. The van der Waals surface area contributed by atoms with E-state index in [1.807, 2.05) is 13.0 Å². The van der Waals surface area contributed by atoms with Gasteiger partial charge in [0.1, 0.15) is 0 Å². The summed E-state index contributed by atoms with van der Waals surface area (Å²) < 4.78 is 0. The van der Waals surface area contributed by atoms with Crippen LogP contribution in [0, 0.1) is 0 Å². The summed E-state index contributed by atoms with van der Waals surface area (Å²) in [4.78, 5) is 22.9. The van der Waals surface area contributed by atoms with Gasteiger partial charge in [0.25, 0.3) is 0 Å². The Labute approximate surface area is 82.2 Å². The van der Waals surface area contributed by atoms with Crippen LogP contribution in [0.25, 0.3) is 0 Å². The number of rotatable bonds is 1. The van der Waals surface area contributed by atoms with Crippen LogP contribution in [0.3, 0.4) is 0 Å². The van der Waals surface area contributed by atoms with E-state index in [-0.39, 0.29) is 11.6 Å². The molecule has 0 N–H and O–H groups in total. The molecule has 70 valence electrons. The summed E-state index contributed by atoms with van der Waals surface area (Å²) in [5, 5.41) is 0. The van der Waals surface area contributed by atoms with Crippen LogP contribution in [0.5, 0.6) is 0 Å².